The summed E-state index contributed by atoms with van der Waals surface area (Å²) in [5.41, 5.74) is 0. The first-order valence-corrected chi connectivity index (χ1v) is 18.3. The number of aldehydes is 1. The van der Waals surface area contributed by atoms with Gasteiger partial charge in [0.05, 0.1) is 0 Å². The van der Waals surface area contributed by atoms with Crippen LogP contribution in [0.1, 0.15) is 16.3 Å². The highest BCUT2D eigenvalue weighted by molar-refractivity contribution is 14.0. The average Bonchev–Trinajstić information content (AvgIpc) is 3.37. The molecule has 0 amide bonds. The standard InChI is InChI=1S/C9H10O3.2C8H8O3.2C8H6O2.4CH4O.2CH4.2HI.5H3P/c1-10-9-6-11-7-4-2-3-5-8(7)12-9;9-8-5-10-6-3-1-2-4-7(6)11-8;9-5-6-11-8-4-2-1-3-7(8)10;2*1-2-4-8-7(3-1)9-5-6-10-8;4*1-2;;;;;;;;;/h2-5,9H,6H2,1H3;1-4,8-9H,5H2;1-5,10H,6H2;2*1-6H;4*2H,1H3;2*1H4;2*1H;5*1H3/p+1. The number of fused-ring (bicyclic) bond motifs is 4. The number of carbonyl (C=O) groups excluding carboxylic acids is 1. The predicted octanol–water partition coefficient (Wildman–Crippen LogP) is 8.38. The quantitative estimate of drug-likeness (QED) is 0.0564. The van der Waals surface area contributed by atoms with Gasteiger partial charge in [0.2, 0.25) is 12.6 Å². The second-order valence-corrected chi connectivity index (χ2v) is 10.7. The van der Waals surface area contributed by atoms with Gasteiger partial charge in [-0.15, -0.1) is 48.0 Å². The Morgan fingerprint density at radius 1 is 0.507 bits per heavy atom. The van der Waals surface area contributed by atoms with Crippen LogP contribution >= 0.6 is 97.4 Å². The van der Waals surface area contributed by atoms with Crippen molar-refractivity contribution in [2.24, 2.45) is 0 Å². The Balaban J connectivity index is -0.0000000779. The molecule has 0 fully saturated rings. The van der Waals surface area contributed by atoms with Gasteiger partial charge in [-0.2, -0.15) is 49.5 Å². The number of benzene rings is 5. The van der Waals surface area contributed by atoms with Gasteiger partial charge in [-0.05, 0) is 60.7 Å². The van der Waals surface area contributed by atoms with Crippen molar-refractivity contribution >= 4 is 104 Å². The van der Waals surface area contributed by atoms with E-state index < -0.39 is 6.29 Å². The van der Waals surface area contributed by atoms with E-state index in [2.05, 4.69) is 0 Å². The highest BCUT2D eigenvalue weighted by atomic mass is 127. The summed E-state index contributed by atoms with van der Waals surface area (Å²) in [7, 11) is 5.60. The molecule has 4 heterocycles. The fraction of sp³-hybridized carbons (Fsp3) is 0.255. The van der Waals surface area contributed by atoms with Crippen molar-refractivity contribution < 1.29 is 84.2 Å². The summed E-state index contributed by atoms with van der Waals surface area (Å²) >= 11 is 0. The van der Waals surface area contributed by atoms with Crippen LogP contribution in [0.5, 0.6) is 57.5 Å². The number of aliphatic hydroxyl groups is 5. The molecule has 5 aromatic carbocycles. The van der Waals surface area contributed by atoms with Crippen molar-refractivity contribution in [3.8, 4) is 57.5 Å². The van der Waals surface area contributed by atoms with Crippen LogP contribution in [0.3, 0.4) is 0 Å². The number of phenols is 1. The largest absolute Gasteiger partial charge is 1.00 e. The monoisotopic (exact) mass is 1330 g/mol. The third-order valence-electron chi connectivity index (χ3n) is 7.00. The van der Waals surface area contributed by atoms with E-state index in [0.717, 1.165) is 62.9 Å². The number of hydrogen-bond donors (Lipinski definition) is 6. The van der Waals surface area contributed by atoms with Crippen molar-refractivity contribution in [3.05, 3.63) is 146 Å². The van der Waals surface area contributed by atoms with E-state index in [0.29, 0.717) is 30.1 Å². The molecule has 0 saturated carbocycles. The first-order valence-electron chi connectivity index (χ1n) is 18.3. The molecule has 5 aromatic rings. The molecule has 0 saturated heterocycles. The number of ether oxygens (including phenoxy) is 10. The maximum atomic E-state index is 9.88. The van der Waals surface area contributed by atoms with Gasteiger partial charge in [0, 0.05) is 35.5 Å². The lowest BCUT2D eigenvalue weighted by Gasteiger charge is -2.24. The van der Waals surface area contributed by atoms with Gasteiger partial charge in [0.1, 0.15) is 31.7 Å². The van der Waals surface area contributed by atoms with Crippen molar-refractivity contribution in [3.63, 3.8) is 0 Å². The maximum Gasteiger partial charge on any atom is 1.00 e. The van der Waals surface area contributed by atoms with Crippen LogP contribution in [-0.4, -0.2) is 105 Å². The first kappa shape index (κ1) is 87.3. The number of hydrogen-bond acceptors (Lipinski definition) is 17. The minimum Gasteiger partial charge on any atom is -0.504 e. The fourth-order valence-corrected chi connectivity index (χ4v) is 4.52. The second kappa shape index (κ2) is 57.5. The lowest BCUT2D eigenvalue weighted by molar-refractivity contribution is -0.109. The van der Waals surface area contributed by atoms with Gasteiger partial charge in [-0.25, -0.2) is 0 Å². The van der Waals surface area contributed by atoms with Crippen molar-refractivity contribution in [2.75, 3.05) is 55.4 Å². The summed E-state index contributed by atoms with van der Waals surface area (Å²) in [5, 5.41) is 46.1. The van der Waals surface area contributed by atoms with E-state index in [-0.39, 0.29) is 139 Å². The maximum absolute atomic E-state index is 9.88. The fourth-order valence-electron chi connectivity index (χ4n) is 4.52. The van der Waals surface area contributed by atoms with Crippen molar-refractivity contribution in [1.29, 1.82) is 0 Å². The molecular weight excluding hydrogens is 1250 g/mol. The molecule has 6 N–H and O–H groups in total. The zero-order valence-electron chi connectivity index (χ0n) is 40.2. The number of methoxy groups -OCH3 is 1. The van der Waals surface area contributed by atoms with Crippen LogP contribution in [0.2, 0.25) is 0 Å². The summed E-state index contributed by atoms with van der Waals surface area (Å²) in [5.74, 6) is 6.28. The molecule has 0 bridgehead atoms. The average molecular weight is 1330 g/mol. The first-order chi connectivity index (χ1) is 30.5. The Hall–Kier alpha value is -3.38. The number of carbonyl (C=O) groups is 1. The second-order valence-electron chi connectivity index (χ2n) is 10.7. The van der Waals surface area contributed by atoms with Gasteiger partial charge < -0.3 is 78.0 Å². The lowest BCUT2D eigenvalue weighted by Crippen LogP contribution is -2.30. The summed E-state index contributed by atoms with van der Waals surface area (Å²) in [4.78, 5) is 9.88. The molecule has 0 radical (unpaired) electrons. The molecule has 0 aromatic heterocycles. The summed E-state index contributed by atoms with van der Waals surface area (Å²) in [6.07, 6.45) is 5.59. The third-order valence-corrected chi connectivity index (χ3v) is 7.00. The van der Waals surface area contributed by atoms with E-state index in [1.54, 1.807) is 37.4 Å². The van der Waals surface area contributed by atoms with Gasteiger partial charge in [-0.1, -0.05) is 75.5 Å². The molecule has 17 nitrogen and oxygen atoms in total. The molecule has 408 valence electrons. The predicted molar refractivity (Wildman–Crippen MR) is 329 cm³/mol. The van der Waals surface area contributed by atoms with Gasteiger partial charge >= 0.3 is 1.43 Å². The zero-order chi connectivity index (χ0) is 45.8. The van der Waals surface area contributed by atoms with Crippen molar-refractivity contribution in [1.82, 2.24) is 0 Å². The molecule has 4 aliphatic heterocycles. The Labute approximate surface area is 471 Å². The zero-order valence-corrected chi connectivity index (χ0v) is 51.0. The van der Waals surface area contributed by atoms with Crippen LogP contribution in [0.15, 0.2) is 146 Å². The number of phenolic OH excluding ortho intramolecular Hbond substituents is 1. The molecule has 7 unspecified atom stereocenters. The molecule has 71 heavy (non-hydrogen) atoms. The Morgan fingerprint density at radius 3 is 1.17 bits per heavy atom. The molecule has 0 spiro atoms. The SMILES string of the molecule is C.C.C1=COc2ccccc2O1.C1=COc2ccccc2O1.CO.CO.CO.CO.COC1COc2ccccc2O1.I.I.O=CCOc1ccccc1O.OC1COc2ccccc2O1.P.P.P.P.P.[H+]. The van der Waals surface area contributed by atoms with E-state index in [9.17, 15) is 4.79 Å². The number of aromatic hydroxyl groups is 1. The van der Waals surface area contributed by atoms with Crippen LogP contribution in [0.25, 0.3) is 0 Å². The smallest absolute Gasteiger partial charge is 0.504 e. The molecule has 7 atom stereocenters. The molecule has 24 heteroatoms. The van der Waals surface area contributed by atoms with Crippen LogP contribution in [-0.2, 0) is 9.53 Å². The topological polar surface area (TPSA) is 231 Å². The van der Waals surface area contributed by atoms with E-state index >= 15 is 0 Å². The molecule has 4 aliphatic rings. The Kier molecular flexibility index (Phi) is 70.8. The van der Waals surface area contributed by atoms with Gasteiger partial charge in [0.25, 0.3) is 0 Å². The summed E-state index contributed by atoms with van der Waals surface area (Å²) < 4.78 is 51.4. The van der Waals surface area contributed by atoms with Crippen LogP contribution in [0.4, 0.5) is 0 Å². The van der Waals surface area contributed by atoms with Gasteiger partial charge in [0.15, 0.2) is 77.0 Å². The highest BCUT2D eigenvalue weighted by Gasteiger charge is 2.19. The number of halogens is 2. The Bertz CT molecular complexity index is 1910. The highest BCUT2D eigenvalue weighted by Crippen LogP contribution is 2.32. The minimum absolute atomic E-state index is 0. The van der Waals surface area contributed by atoms with E-state index in [4.69, 9.17) is 78.0 Å². The third kappa shape index (κ3) is 34.6. The number of para-hydroxylation sites is 10. The van der Waals surface area contributed by atoms with Crippen molar-refractivity contribution in [2.45, 2.75) is 27.4 Å². The lowest BCUT2D eigenvalue weighted by atomic mass is 10.3. The summed E-state index contributed by atoms with van der Waals surface area (Å²) in [6, 6.07) is 36.4. The number of aliphatic hydroxyl groups excluding tert-OH is 5. The number of rotatable bonds is 4. The van der Waals surface area contributed by atoms with Crippen LogP contribution in [0, 0.1) is 0 Å². The van der Waals surface area contributed by atoms with E-state index in [1.807, 2.05) is 84.9 Å². The van der Waals surface area contributed by atoms with Crippen LogP contribution < -0.4 is 42.6 Å². The summed E-state index contributed by atoms with van der Waals surface area (Å²) in [6.45, 7) is 0.627. The molecule has 0 aliphatic carbocycles. The molecular formula is C47H80I2O17P5+. The van der Waals surface area contributed by atoms with Gasteiger partial charge in [-0.3, -0.25) is 4.79 Å². The van der Waals surface area contributed by atoms with E-state index in [1.165, 1.54) is 31.1 Å². The molecule has 9 rings (SSSR count). The minimum atomic E-state index is -0.829. The Morgan fingerprint density at radius 2 is 0.817 bits per heavy atom. The normalized spacial score (nSPS) is 12.3.